The fraction of sp³-hybridized carbons (Fsp3) is 0. The molecule has 0 fully saturated rings. The van der Waals surface area contributed by atoms with Gasteiger partial charge in [0.15, 0.2) is 0 Å². The number of furan rings is 1. The normalized spacial score (nSPS) is 10.4. The summed E-state index contributed by atoms with van der Waals surface area (Å²) in [6, 6.07) is 10.8. The van der Waals surface area contributed by atoms with Gasteiger partial charge in [-0.3, -0.25) is 9.89 Å². The maximum Gasteiger partial charge on any atom is 0.260 e. The second-order valence-corrected chi connectivity index (χ2v) is 4.46. The molecule has 6 heteroatoms. The molecule has 0 aliphatic heterocycles. The van der Waals surface area contributed by atoms with Crippen molar-refractivity contribution in [2.24, 2.45) is 0 Å². The first kappa shape index (κ1) is 12.5. The Balaban J connectivity index is 1.83. The van der Waals surface area contributed by atoms with Crippen molar-refractivity contribution in [1.82, 2.24) is 10.2 Å². The predicted molar refractivity (Wildman–Crippen MR) is 75.7 cm³/mol. The van der Waals surface area contributed by atoms with E-state index in [0.29, 0.717) is 11.3 Å². The minimum Gasteiger partial charge on any atom is -0.452 e. The van der Waals surface area contributed by atoms with Crippen molar-refractivity contribution in [3.05, 3.63) is 59.6 Å². The van der Waals surface area contributed by atoms with Crippen molar-refractivity contribution in [2.45, 2.75) is 0 Å². The number of amides is 1. The first-order chi connectivity index (χ1) is 9.74. The molecule has 1 amide bonds. The van der Waals surface area contributed by atoms with E-state index in [1.54, 1.807) is 12.3 Å². The van der Waals surface area contributed by atoms with Crippen molar-refractivity contribution in [1.29, 1.82) is 0 Å². The topological polar surface area (TPSA) is 70.9 Å². The SMILES string of the molecule is O=C(Nc1cccc(-c2ccn[nH]2)c1)c1ccoc1Cl. The number of anilines is 1. The molecule has 2 aromatic heterocycles. The number of nitrogens with zero attached hydrogens (tertiary/aromatic N) is 1. The summed E-state index contributed by atoms with van der Waals surface area (Å²) < 4.78 is 4.90. The highest BCUT2D eigenvalue weighted by molar-refractivity contribution is 6.32. The molecule has 0 spiro atoms. The Morgan fingerprint density at radius 2 is 2.20 bits per heavy atom. The number of H-pyrrole nitrogens is 1. The Labute approximate surface area is 119 Å². The summed E-state index contributed by atoms with van der Waals surface area (Å²) in [5.41, 5.74) is 2.78. The van der Waals surface area contributed by atoms with Gasteiger partial charge in [0.25, 0.3) is 5.91 Å². The van der Waals surface area contributed by atoms with E-state index >= 15 is 0 Å². The third-order valence-electron chi connectivity index (χ3n) is 2.79. The van der Waals surface area contributed by atoms with Gasteiger partial charge in [0.05, 0.1) is 17.5 Å². The molecule has 0 unspecified atom stereocenters. The van der Waals surface area contributed by atoms with Gasteiger partial charge in [-0.05, 0) is 35.9 Å². The molecule has 20 heavy (non-hydrogen) atoms. The number of nitrogens with one attached hydrogen (secondary N) is 2. The minimum atomic E-state index is -0.314. The standard InChI is InChI=1S/C14H10ClN3O2/c15-13-11(5-7-20-13)14(19)17-10-3-1-2-9(8-10)12-4-6-16-18-12/h1-8H,(H,16,18)(H,17,19). The van der Waals surface area contributed by atoms with Crippen LogP contribution in [0.5, 0.6) is 0 Å². The fourth-order valence-electron chi connectivity index (χ4n) is 1.84. The maximum atomic E-state index is 12.0. The molecule has 1 aromatic carbocycles. The second-order valence-electron chi connectivity index (χ2n) is 4.11. The lowest BCUT2D eigenvalue weighted by Crippen LogP contribution is -2.11. The highest BCUT2D eigenvalue weighted by Gasteiger charge is 2.13. The number of benzene rings is 1. The highest BCUT2D eigenvalue weighted by Crippen LogP contribution is 2.22. The number of hydrogen-bond donors (Lipinski definition) is 2. The van der Waals surface area contributed by atoms with Crippen LogP contribution in [0.15, 0.2) is 53.3 Å². The largest absolute Gasteiger partial charge is 0.452 e. The van der Waals surface area contributed by atoms with Crippen molar-refractivity contribution in [2.75, 3.05) is 5.32 Å². The molecule has 0 radical (unpaired) electrons. The lowest BCUT2D eigenvalue weighted by molar-refractivity contribution is 0.102. The Kier molecular flexibility index (Phi) is 3.26. The van der Waals surface area contributed by atoms with Crippen LogP contribution >= 0.6 is 11.6 Å². The van der Waals surface area contributed by atoms with E-state index in [1.807, 2.05) is 24.3 Å². The molecule has 0 aliphatic carbocycles. The molecule has 0 saturated heterocycles. The molecule has 0 aliphatic rings. The first-order valence-corrected chi connectivity index (χ1v) is 6.26. The van der Waals surface area contributed by atoms with Crippen LogP contribution in [-0.2, 0) is 0 Å². The summed E-state index contributed by atoms with van der Waals surface area (Å²) >= 11 is 5.77. The molecule has 0 saturated carbocycles. The van der Waals surface area contributed by atoms with Gasteiger partial charge in [0.2, 0.25) is 5.22 Å². The average molecular weight is 288 g/mol. The van der Waals surface area contributed by atoms with Crippen LogP contribution < -0.4 is 5.32 Å². The second kappa shape index (κ2) is 5.22. The van der Waals surface area contributed by atoms with Crippen LogP contribution in [0, 0.1) is 0 Å². The summed E-state index contributed by atoms with van der Waals surface area (Å²) in [5.74, 6) is -0.314. The van der Waals surface area contributed by atoms with E-state index in [0.717, 1.165) is 11.3 Å². The van der Waals surface area contributed by atoms with E-state index in [2.05, 4.69) is 15.5 Å². The van der Waals surface area contributed by atoms with Gasteiger partial charge in [-0.15, -0.1) is 0 Å². The summed E-state index contributed by atoms with van der Waals surface area (Å²) in [4.78, 5) is 12.0. The smallest absolute Gasteiger partial charge is 0.260 e. The first-order valence-electron chi connectivity index (χ1n) is 5.88. The van der Waals surface area contributed by atoms with Crippen molar-refractivity contribution in [3.8, 4) is 11.3 Å². The third-order valence-corrected chi connectivity index (χ3v) is 3.09. The van der Waals surface area contributed by atoms with Crippen molar-refractivity contribution >= 4 is 23.2 Å². The molecular weight excluding hydrogens is 278 g/mol. The minimum absolute atomic E-state index is 0.0761. The number of rotatable bonds is 3. The molecule has 0 atom stereocenters. The monoisotopic (exact) mass is 287 g/mol. The average Bonchev–Trinajstić information content (AvgIpc) is 3.09. The van der Waals surface area contributed by atoms with E-state index in [-0.39, 0.29) is 11.1 Å². The zero-order chi connectivity index (χ0) is 13.9. The number of hydrogen-bond acceptors (Lipinski definition) is 3. The predicted octanol–water partition coefficient (Wildman–Crippen LogP) is 3.58. The molecule has 0 bridgehead atoms. The maximum absolute atomic E-state index is 12.0. The number of aromatic amines is 1. The van der Waals surface area contributed by atoms with Crippen LogP contribution in [0.3, 0.4) is 0 Å². The van der Waals surface area contributed by atoms with E-state index < -0.39 is 0 Å². The molecule has 100 valence electrons. The van der Waals surface area contributed by atoms with Crippen LogP contribution in [0.25, 0.3) is 11.3 Å². The van der Waals surface area contributed by atoms with Gasteiger partial charge in [-0.2, -0.15) is 5.10 Å². The molecular formula is C14H10ClN3O2. The quantitative estimate of drug-likeness (QED) is 0.773. The molecule has 5 nitrogen and oxygen atoms in total. The van der Waals surface area contributed by atoms with Gasteiger partial charge < -0.3 is 9.73 Å². The zero-order valence-electron chi connectivity index (χ0n) is 10.3. The summed E-state index contributed by atoms with van der Waals surface area (Å²) in [7, 11) is 0. The van der Waals surface area contributed by atoms with E-state index in [1.165, 1.54) is 12.3 Å². The number of carbonyl (C=O) groups is 1. The fourth-order valence-corrected chi connectivity index (χ4v) is 2.04. The molecule has 2 N–H and O–H groups in total. The van der Waals surface area contributed by atoms with Crippen LogP contribution in [-0.4, -0.2) is 16.1 Å². The van der Waals surface area contributed by atoms with Crippen LogP contribution in [0.2, 0.25) is 5.22 Å². The molecule has 2 heterocycles. The highest BCUT2D eigenvalue weighted by atomic mass is 35.5. The molecule has 3 aromatic rings. The summed E-state index contributed by atoms with van der Waals surface area (Å²) in [5, 5.41) is 9.62. The zero-order valence-corrected chi connectivity index (χ0v) is 11.0. The van der Waals surface area contributed by atoms with E-state index in [9.17, 15) is 4.79 Å². The van der Waals surface area contributed by atoms with Crippen LogP contribution in [0.1, 0.15) is 10.4 Å². The van der Waals surface area contributed by atoms with Gasteiger partial charge in [0, 0.05) is 17.4 Å². The third kappa shape index (κ3) is 2.44. The van der Waals surface area contributed by atoms with Gasteiger partial charge in [-0.25, -0.2) is 0 Å². The summed E-state index contributed by atoms with van der Waals surface area (Å²) in [6.45, 7) is 0. The van der Waals surface area contributed by atoms with Crippen molar-refractivity contribution in [3.63, 3.8) is 0 Å². The molecule has 3 rings (SSSR count). The van der Waals surface area contributed by atoms with E-state index in [4.69, 9.17) is 16.0 Å². The number of carbonyl (C=O) groups excluding carboxylic acids is 1. The van der Waals surface area contributed by atoms with Crippen molar-refractivity contribution < 1.29 is 9.21 Å². The van der Waals surface area contributed by atoms with Gasteiger partial charge >= 0.3 is 0 Å². The summed E-state index contributed by atoms with van der Waals surface area (Å²) in [6.07, 6.45) is 3.05. The Hall–Kier alpha value is -2.53. The Bertz CT molecular complexity index is 734. The lowest BCUT2D eigenvalue weighted by atomic mass is 10.1. The number of halogens is 1. The van der Waals surface area contributed by atoms with Gasteiger partial charge in [0.1, 0.15) is 0 Å². The Morgan fingerprint density at radius 3 is 2.90 bits per heavy atom. The van der Waals surface area contributed by atoms with Crippen LogP contribution in [0.4, 0.5) is 5.69 Å². The Morgan fingerprint density at radius 1 is 1.30 bits per heavy atom. The van der Waals surface area contributed by atoms with Gasteiger partial charge in [-0.1, -0.05) is 12.1 Å². The number of aromatic nitrogens is 2. The lowest BCUT2D eigenvalue weighted by Gasteiger charge is -2.05.